The summed E-state index contributed by atoms with van der Waals surface area (Å²) in [7, 11) is 0. The van der Waals surface area contributed by atoms with Crippen molar-refractivity contribution >= 4 is 0 Å². The van der Waals surface area contributed by atoms with Gasteiger partial charge in [0.1, 0.15) is 0 Å². The molecule has 0 aromatic carbocycles. The molecule has 2 atom stereocenters. The smallest absolute Gasteiger partial charge is 0.0193 e. The Labute approximate surface area is 89.1 Å². The van der Waals surface area contributed by atoms with Gasteiger partial charge in [0.25, 0.3) is 0 Å². The first-order valence-electron chi connectivity index (χ1n) is 6.29. The average Bonchev–Trinajstić information content (AvgIpc) is 3.01. The van der Waals surface area contributed by atoms with E-state index < -0.39 is 0 Å². The lowest BCUT2D eigenvalue weighted by Gasteiger charge is -2.28. The Morgan fingerprint density at radius 3 is 2.36 bits per heavy atom. The van der Waals surface area contributed by atoms with Crippen molar-refractivity contribution in [3.63, 3.8) is 0 Å². The molecule has 2 heteroatoms. The van der Waals surface area contributed by atoms with Gasteiger partial charge in [-0.05, 0) is 32.4 Å². The first-order valence-corrected chi connectivity index (χ1v) is 6.29. The zero-order valence-corrected chi connectivity index (χ0v) is 10.1. The molecular weight excluding hydrogens is 172 g/mol. The standard InChI is InChI=1S/C12H26N2/c1-4-12(14(5-2)6-3)9-7-8-11-10-13-11/h11-13H,4-10H2,1-3H3. The largest absolute Gasteiger partial charge is 0.311 e. The van der Waals surface area contributed by atoms with Crippen LogP contribution in [0.15, 0.2) is 0 Å². The summed E-state index contributed by atoms with van der Waals surface area (Å²) in [5.41, 5.74) is 0. The number of rotatable bonds is 8. The molecule has 2 nitrogen and oxygen atoms in total. The van der Waals surface area contributed by atoms with E-state index in [1.807, 2.05) is 0 Å². The van der Waals surface area contributed by atoms with Crippen LogP contribution in [0.4, 0.5) is 0 Å². The van der Waals surface area contributed by atoms with Gasteiger partial charge >= 0.3 is 0 Å². The van der Waals surface area contributed by atoms with E-state index in [1.54, 1.807) is 0 Å². The molecular formula is C12H26N2. The highest BCUT2D eigenvalue weighted by Gasteiger charge is 2.20. The monoisotopic (exact) mass is 198 g/mol. The van der Waals surface area contributed by atoms with Gasteiger partial charge < -0.3 is 10.2 Å². The van der Waals surface area contributed by atoms with Crippen LogP contribution >= 0.6 is 0 Å². The maximum Gasteiger partial charge on any atom is 0.0193 e. The van der Waals surface area contributed by atoms with Gasteiger partial charge in [0.2, 0.25) is 0 Å². The van der Waals surface area contributed by atoms with Crippen LogP contribution in [0.2, 0.25) is 0 Å². The minimum Gasteiger partial charge on any atom is -0.311 e. The lowest BCUT2D eigenvalue weighted by Crippen LogP contribution is -2.34. The van der Waals surface area contributed by atoms with E-state index >= 15 is 0 Å². The van der Waals surface area contributed by atoms with E-state index in [4.69, 9.17) is 0 Å². The van der Waals surface area contributed by atoms with E-state index in [0.29, 0.717) is 0 Å². The van der Waals surface area contributed by atoms with E-state index in [0.717, 1.165) is 12.1 Å². The minimum atomic E-state index is 0.823. The molecule has 1 N–H and O–H groups in total. The SMILES string of the molecule is CCC(CCCC1CN1)N(CC)CC. The van der Waals surface area contributed by atoms with Gasteiger partial charge in [0.05, 0.1) is 0 Å². The summed E-state index contributed by atoms with van der Waals surface area (Å²) in [6.45, 7) is 10.5. The topological polar surface area (TPSA) is 25.2 Å². The Morgan fingerprint density at radius 2 is 1.93 bits per heavy atom. The molecule has 1 fully saturated rings. The summed E-state index contributed by atoms with van der Waals surface area (Å²) in [4.78, 5) is 2.60. The third-order valence-electron chi connectivity index (χ3n) is 3.38. The third kappa shape index (κ3) is 3.97. The zero-order chi connectivity index (χ0) is 10.4. The van der Waals surface area contributed by atoms with Crippen molar-refractivity contribution in [1.29, 1.82) is 0 Å². The summed E-state index contributed by atoms with van der Waals surface area (Å²) >= 11 is 0. The van der Waals surface area contributed by atoms with E-state index in [-0.39, 0.29) is 0 Å². The predicted octanol–water partition coefficient (Wildman–Crippen LogP) is 2.25. The Morgan fingerprint density at radius 1 is 1.29 bits per heavy atom. The Balaban J connectivity index is 2.14. The molecule has 0 radical (unpaired) electrons. The molecule has 1 aliphatic rings. The molecule has 14 heavy (non-hydrogen) atoms. The van der Waals surface area contributed by atoms with Crippen molar-refractivity contribution in [2.24, 2.45) is 0 Å². The quantitative estimate of drug-likeness (QED) is 0.605. The van der Waals surface area contributed by atoms with E-state index in [9.17, 15) is 0 Å². The van der Waals surface area contributed by atoms with Crippen molar-refractivity contribution in [2.75, 3.05) is 19.6 Å². The summed E-state index contributed by atoms with van der Waals surface area (Å²) in [6, 6.07) is 1.69. The highest BCUT2D eigenvalue weighted by atomic mass is 15.1. The van der Waals surface area contributed by atoms with Crippen molar-refractivity contribution in [2.45, 2.75) is 58.5 Å². The van der Waals surface area contributed by atoms with Crippen LogP contribution in [0.25, 0.3) is 0 Å². The van der Waals surface area contributed by atoms with Crippen molar-refractivity contribution in [1.82, 2.24) is 10.2 Å². The fraction of sp³-hybridized carbons (Fsp3) is 1.00. The summed E-state index contributed by atoms with van der Waals surface area (Å²) in [5.74, 6) is 0. The predicted molar refractivity (Wildman–Crippen MR) is 62.6 cm³/mol. The molecule has 0 aliphatic carbocycles. The lowest BCUT2D eigenvalue weighted by atomic mass is 10.0. The molecule has 2 unspecified atom stereocenters. The molecule has 0 amide bonds. The van der Waals surface area contributed by atoms with Crippen LogP contribution in [0.5, 0.6) is 0 Å². The maximum absolute atomic E-state index is 3.37. The molecule has 1 rings (SSSR count). The summed E-state index contributed by atoms with van der Waals surface area (Å²) in [5, 5.41) is 3.37. The van der Waals surface area contributed by atoms with Crippen molar-refractivity contribution < 1.29 is 0 Å². The fourth-order valence-electron chi connectivity index (χ4n) is 2.27. The van der Waals surface area contributed by atoms with E-state index in [2.05, 4.69) is 31.0 Å². The van der Waals surface area contributed by atoms with Crippen molar-refractivity contribution in [3.8, 4) is 0 Å². The second-order valence-electron chi connectivity index (χ2n) is 4.32. The first-order chi connectivity index (χ1) is 6.81. The van der Waals surface area contributed by atoms with Gasteiger partial charge in [-0.25, -0.2) is 0 Å². The van der Waals surface area contributed by atoms with Crippen LogP contribution in [-0.4, -0.2) is 36.6 Å². The molecule has 0 aromatic heterocycles. The molecule has 1 saturated heterocycles. The third-order valence-corrected chi connectivity index (χ3v) is 3.38. The normalized spacial score (nSPS) is 22.7. The molecule has 0 saturated carbocycles. The Hall–Kier alpha value is -0.0800. The lowest BCUT2D eigenvalue weighted by molar-refractivity contribution is 0.197. The second kappa shape index (κ2) is 6.41. The van der Waals surface area contributed by atoms with Gasteiger partial charge in [-0.1, -0.05) is 27.2 Å². The van der Waals surface area contributed by atoms with Gasteiger partial charge in [-0.2, -0.15) is 0 Å². The van der Waals surface area contributed by atoms with Crippen molar-refractivity contribution in [3.05, 3.63) is 0 Å². The first kappa shape index (κ1) is 12.0. The Bertz CT molecular complexity index is 139. The maximum atomic E-state index is 3.37. The minimum absolute atomic E-state index is 0.823. The van der Waals surface area contributed by atoms with Gasteiger partial charge in [0, 0.05) is 18.6 Å². The molecule has 0 aromatic rings. The number of nitrogens with one attached hydrogen (secondary N) is 1. The molecule has 1 aliphatic heterocycles. The van der Waals surface area contributed by atoms with Crippen LogP contribution in [-0.2, 0) is 0 Å². The highest BCUT2D eigenvalue weighted by Crippen LogP contribution is 2.15. The molecule has 0 bridgehead atoms. The van der Waals surface area contributed by atoms with Gasteiger partial charge in [0.15, 0.2) is 0 Å². The number of nitrogens with zero attached hydrogens (tertiary/aromatic N) is 1. The number of hydrogen-bond acceptors (Lipinski definition) is 2. The average molecular weight is 198 g/mol. The van der Waals surface area contributed by atoms with Gasteiger partial charge in [-0.15, -0.1) is 0 Å². The molecule has 1 heterocycles. The molecule has 0 spiro atoms. The van der Waals surface area contributed by atoms with Crippen LogP contribution in [0.1, 0.15) is 46.5 Å². The van der Waals surface area contributed by atoms with Crippen LogP contribution in [0.3, 0.4) is 0 Å². The Kier molecular flexibility index (Phi) is 5.49. The highest BCUT2D eigenvalue weighted by molar-refractivity contribution is 4.83. The number of hydrogen-bond donors (Lipinski definition) is 1. The zero-order valence-electron chi connectivity index (χ0n) is 10.1. The molecule has 84 valence electrons. The summed E-state index contributed by atoms with van der Waals surface area (Å²) < 4.78 is 0. The van der Waals surface area contributed by atoms with Gasteiger partial charge in [-0.3, -0.25) is 0 Å². The summed E-state index contributed by atoms with van der Waals surface area (Å²) in [6.07, 6.45) is 5.47. The van der Waals surface area contributed by atoms with Crippen LogP contribution in [0, 0.1) is 0 Å². The second-order valence-corrected chi connectivity index (χ2v) is 4.32. The van der Waals surface area contributed by atoms with Crippen LogP contribution < -0.4 is 5.32 Å². The fourth-order valence-corrected chi connectivity index (χ4v) is 2.27. The van der Waals surface area contributed by atoms with E-state index in [1.165, 1.54) is 45.3 Å².